The van der Waals surface area contributed by atoms with E-state index in [1.165, 1.54) is 0 Å². The summed E-state index contributed by atoms with van der Waals surface area (Å²) >= 11 is 1.85. The van der Waals surface area contributed by atoms with Crippen molar-refractivity contribution in [3.63, 3.8) is 0 Å². The van der Waals surface area contributed by atoms with Crippen molar-refractivity contribution >= 4 is 23.4 Å². The molecule has 17 heavy (non-hydrogen) atoms. The minimum Gasteiger partial charge on any atom is -0.373 e. The molecule has 0 bridgehead atoms. The summed E-state index contributed by atoms with van der Waals surface area (Å²) in [6, 6.07) is 0.461. The Morgan fingerprint density at radius 2 is 1.88 bits per heavy atom. The highest BCUT2D eigenvalue weighted by atomic mass is 32.2. The lowest BCUT2D eigenvalue weighted by Gasteiger charge is -2.19. The molecule has 1 atom stereocenters. The Kier molecular flexibility index (Phi) is 5.55. The van der Waals surface area contributed by atoms with E-state index in [4.69, 9.17) is 0 Å². The van der Waals surface area contributed by atoms with Crippen molar-refractivity contribution in [3.05, 3.63) is 11.4 Å². The van der Waals surface area contributed by atoms with Gasteiger partial charge in [0.2, 0.25) is 0 Å². The Morgan fingerprint density at radius 1 is 1.24 bits per heavy atom. The summed E-state index contributed by atoms with van der Waals surface area (Å²) < 4.78 is 0. The van der Waals surface area contributed by atoms with E-state index in [-0.39, 0.29) is 0 Å². The molecule has 4 nitrogen and oxygen atoms in total. The molecule has 1 aromatic rings. The van der Waals surface area contributed by atoms with Crippen molar-refractivity contribution in [2.75, 3.05) is 29.7 Å². The van der Waals surface area contributed by atoms with E-state index in [0.29, 0.717) is 6.04 Å². The van der Waals surface area contributed by atoms with E-state index in [2.05, 4.69) is 33.8 Å². The molecule has 0 aliphatic carbocycles. The fourth-order valence-corrected chi connectivity index (χ4v) is 2.39. The van der Waals surface area contributed by atoms with Crippen LogP contribution in [0.25, 0.3) is 0 Å². The molecule has 96 valence electrons. The van der Waals surface area contributed by atoms with Gasteiger partial charge in [-0.15, -0.1) is 0 Å². The molecule has 0 saturated carbocycles. The molecule has 1 heterocycles. The van der Waals surface area contributed by atoms with Gasteiger partial charge in [-0.3, -0.25) is 0 Å². The van der Waals surface area contributed by atoms with E-state index in [1.807, 2.05) is 32.7 Å². The molecular formula is C12H22N4S. The molecular weight excluding hydrogens is 232 g/mol. The van der Waals surface area contributed by atoms with Crippen LogP contribution in [0.4, 0.5) is 11.6 Å². The van der Waals surface area contributed by atoms with Gasteiger partial charge in [0.15, 0.2) is 0 Å². The van der Waals surface area contributed by atoms with Gasteiger partial charge in [0.05, 0.1) is 0 Å². The Bertz CT molecular complexity index is 368. The van der Waals surface area contributed by atoms with Gasteiger partial charge in [-0.2, -0.15) is 11.8 Å². The van der Waals surface area contributed by atoms with Gasteiger partial charge in [0, 0.05) is 24.4 Å². The van der Waals surface area contributed by atoms with Gasteiger partial charge in [-0.05, 0) is 26.5 Å². The summed E-state index contributed by atoms with van der Waals surface area (Å²) in [5, 5.41) is 6.60. The molecule has 0 aliphatic heterocycles. The van der Waals surface area contributed by atoms with Crippen molar-refractivity contribution in [2.45, 2.75) is 33.2 Å². The van der Waals surface area contributed by atoms with Crippen molar-refractivity contribution in [1.82, 2.24) is 9.97 Å². The molecule has 0 aliphatic rings. The quantitative estimate of drug-likeness (QED) is 0.817. The standard InChI is InChI=1S/C12H22N4S/c1-6-10(7-17-5)16-12-8(2)11(13-4)14-9(3)15-12/h10H,6-7H2,1-5H3,(H2,13,14,15,16). The number of aromatic nitrogens is 2. The summed E-state index contributed by atoms with van der Waals surface area (Å²) in [5.41, 5.74) is 1.08. The molecule has 0 fully saturated rings. The average molecular weight is 254 g/mol. The Morgan fingerprint density at radius 3 is 2.41 bits per heavy atom. The van der Waals surface area contributed by atoms with E-state index >= 15 is 0 Å². The highest BCUT2D eigenvalue weighted by Crippen LogP contribution is 2.21. The zero-order chi connectivity index (χ0) is 12.8. The third-order valence-corrected chi connectivity index (χ3v) is 3.43. The van der Waals surface area contributed by atoms with E-state index in [1.54, 1.807) is 0 Å². The predicted molar refractivity (Wildman–Crippen MR) is 77.1 cm³/mol. The van der Waals surface area contributed by atoms with Crippen LogP contribution >= 0.6 is 11.8 Å². The van der Waals surface area contributed by atoms with Gasteiger partial charge >= 0.3 is 0 Å². The van der Waals surface area contributed by atoms with Gasteiger partial charge < -0.3 is 10.6 Å². The van der Waals surface area contributed by atoms with Crippen molar-refractivity contribution in [2.24, 2.45) is 0 Å². The van der Waals surface area contributed by atoms with Crippen molar-refractivity contribution in [1.29, 1.82) is 0 Å². The number of aryl methyl sites for hydroxylation is 1. The molecule has 5 heteroatoms. The number of nitrogens with zero attached hydrogens (tertiary/aromatic N) is 2. The molecule has 0 aromatic carbocycles. The minimum absolute atomic E-state index is 0.461. The predicted octanol–water partition coefficient (Wildman–Crippen LogP) is 2.69. The molecule has 0 spiro atoms. The largest absolute Gasteiger partial charge is 0.373 e. The lowest BCUT2D eigenvalue weighted by Crippen LogP contribution is -2.23. The maximum absolute atomic E-state index is 4.48. The topological polar surface area (TPSA) is 49.8 Å². The summed E-state index contributed by atoms with van der Waals surface area (Å²) in [5.74, 6) is 3.73. The van der Waals surface area contributed by atoms with Crippen molar-refractivity contribution in [3.8, 4) is 0 Å². The first-order valence-corrected chi connectivity index (χ1v) is 7.30. The Hall–Kier alpha value is -0.970. The van der Waals surface area contributed by atoms with Crippen LogP contribution in [0.2, 0.25) is 0 Å². The smallest absolute Gasteiger partial charge is 0.135 e. The van der Waals surface area contributed by atoms with Crippen LogP contribution in [0, 0.1) is 13.8 Å². The molecule has 1 unspecified atom stereocenters. The molecule has 1 aromatic heterocycles. The first kappa shape index (κ1) is 14.1. The van der Waals surface area contributed by atoms with Crippen LogP contribution in [-0.4, -0.2) is 35.1 Å². The van der Waals surface area contributed by atoms with E-state index in [9.17, 15) is 0 Å². The fraction of sp³-hybridized carbons (Fsp3) is 0.667. The van der Waals surface area contributed by atoms with Crippen LogP contribution in [0.5, 0.6) is 0 Å². The number of anilines is 2. The highest BCUT2D eigenvalue weighted by Gasteiger charge is 2.11. The van der Waals surface area contributed by atoms with Gasteiger partial charge in [0.1, 0.15) is 17.5 Å². The summed E-state index contributed by atoms with van der Waals surface area (Å²) in [6.07, 6.45) is 3.22. The summed E-state index contributed by atoms with van der Waals surface area (Å²) in [4.78, 5) is 8.84. The van der Waals surface area contributed by atoms with Gasteiger partial charge in [0.25, 0.3) is 0 Å². The molecule has 0 amide bonds. The second kappa shape index (κ2) is 6.69. The first-order valence-electron chi connectivity index (χ1n) is 5.90. The van der Waals surface area contributed by atoms with Crippen LogP contribution < -0.4 is 10.6 Å². The van der Waals surface area contributed by atoms with Gasteiger partial charge in [-0.1, -0.05) is 6.92 Å². The lowest BCUT2D eigenvalue weighted by molar-refractivity contribution is 0.766. The van der Waals surface area contributed by atoms with Crippen LogP contribution in [0.1, 0.15) is 24.7 Å². The number of thioether (sulfide) groups is 1. The fourth-order valence-electron chi connectivity index (χ4n) is 1.67. The number of hydrogen-bond acceptors (Lipinski definition) is 5. The number of nitrogens with one attached hydrogen (secondary N) is 2. The normalized spacial score (nSPS) is 12.3. The first-order chi connectivity index (χ1) is 8.12. The summed E-state index contributed by atoms with van der Waals surface area (Å²) in [6.45, 7) is 6.15. The highest BCUT2D eigenvalue weighted by molar-refractivity contribution is 7.98. The van der Waals surface area contributed by atoms with Crippen LogP contribution in [0.3, 0.4) is 0 Å². The van der Waals surface area contributed by atoms with Crippen molar-refractivity contribution < 1.29 is 0 Å². The van der Waals surface area contributed by atoms with E-state index in [0.717, 1.165) is 35.2 Å². The molecule has 2 N–H and O–H groups in total. The monoisotopic (exact) mass is 254 g/mol. The Balaban J connectivity index is 2.92. The SMILES string of the molecule is CCC(CSC)Nc1nc(C)nc(NC)c1C. The molecule has 0 saturated heterocycles. The average Bonchev–Trinajstić information content (AvgIpc) is 2.32. The zero-order valence-electron chi connectivity index (χ0n) is 11.3. The van der Waals surface area contributed by atoms with Crippen LogP contribution in [-0.2, 0) is 0 Å². The second-order valence-corrected chi connectivity index (χ2v) is 4.96. The zero-order valence-corrected chi connectivity index (χ0v) is 12.1. The van der Waals surface area contributed by atoms with Crippen LogP contribution in [0.15, 0.2) is 0 Å². The maximum atomic E-state index is 4.48. The van der Waals surface area contributed by atoms with Gasteiger partial charge in [-0.25, -0.2) is 9.97 Å². The Labute approximate surface area is 108 Å². The molecule has 0 radical (unpaired) electrons. The molecule has 1 rings (SSSR count). The minimum atomic E-state index is 0.461. The maximum Gasteiger partial charge on any atom is 0.135 e. The second-order valence-electron chi connectivity index (χ2n) is 4.05. The third-order valence-electron chi connectivity index (χ3n) is 2.70. The van der Waals surface area contributed by atoms with E-state index < -0.39 is 0 Å². The lowest BCUT2D eigenvalue weighted by atomic mass is 10.2. The summed E-state index contributed by atoms with van der Waals surface area (Å²) in [7, 11) is 1.89. The third kappa shape index (κ3) is 3.77. The number of hydrogen-bond donors (Lipinski definition) is 2. The number of rotatable bonds is 6.